The molecule has 2 aromatic carbocycles. The van der Waals surface area contributed by atoms with Crippen LogP contribution in [0.15, 0.2) is 47.6 Å². The van der Waals surface area contributed by atoms with E-state index in [0.717, 1.165) is 16.8 Å². The van der Waals surface area contributed by atoms with Gasteiger partial charge in [-0.25, -0.2) is 4.98 Å². The number of ether oxygens (including phenoxy) is 2. The van der Waals surface area contributed by atoms with Crippen LogP contribution in [-0.4, -0.2) is 41.1 Å². The summed E-state index contributed by atoms with van der Waals surface area (Å²) in [5.41, 5.74) is 2.65. The summed E-state index contributed by atoms with van der Waals surface area (Å²) in [5.74, 6) is 2.00. The van der Waals surface area contributed by atoms with Gasteiger partial charge in [0.05, 0.1) is 20.0 Å². The number of benzene rings is 2. The van der Waals surface area contributed by atoms with Gasteiger partial charge in [0.25, 0.3) is 0 Å². The minimum Gasteiger partial charge on any atom is -0.497 e. The predicted molar refractivity (Wildman–Crippen MR) is 105 cm³/mol. The lowest BCUT2D eigenvalue weighted by Crippen LogP contribution is -2.14. The highest BCUT2D eigenvalue weighted by Crippen LogP contribution is 2.28. The van der Waals surface area contributed by atoms with E-state index in [4.69, 9.17) is 9.47 Å². The molecule has 0 saturated carbocycles. The van der Waals surface area contributed by atoms with E-state index in [9.17, 15) is 4.79 Å². The molecule has 0 fully saturated rings. The third-order valence-corrected chi connectivity index (χ3v) is 4.57. The molecule has 27 heavy (non-hydrogen) atoms. The van der Waals surface area contributed by atoms with Crippen molar-refractivity contribution >= 4 is 23.4 Å². The average molecular weight is 384 g/mol. The summed E-state index contributed by atoms with van der Waals surface area (Å²) < 4.78 is 10.5. The third kappa shape index (κ3) is 5.01. The Morgan fingerprint density at radius 2 is 1.89 bits per heavy atom. The second kappa shape index (κ2) is 8.59. The minimum atomic E-state index is -0.111. The van der Waals surface area contributed by atoms with Crippen molar-refractivity contribution in [2.24, 2.45) is 0 Å². The van der Waals surface area contributed by atoms with Gasteiger partial charge in [0.2, 0.25) is 11.1 Å². The van der Waals surface area contributed by atoms with Gasteiger partial charge >= 0.3 is 0 Å². The van der Waals surface area contributed by atoms with E-state index in [-0.39, 0.29) is 11.7 Å². The van der Waals surface area contributed by atoms with Gasteiger partial charge in [0.15, 0.2) is 5.82 Å². The number of nitrogens with zero attached hydrogens (tertiary/aromatic N) is 2. The third-order valence-electron chi connectivity index (χ3n) is 3.72. The molecule has 1 aromatic heterocycles. The highest BCUT2D eigenvalue weighted by Gasteiger charge is 2.11. The molecular formula is C19H20N4O3S. The largest absolute Gasteiger partial charge is 0.497 e. The number of amides is 1. The summed E-state index contributed by atoms with van der Waals surface area (Å²) in [7, 11) is 3.18. The van der Waals surface area contributed by atoms with E-state index < -0.39 is 0 Å². The van der Waals surface area contributed by atoms with Crippen LogP contribution in [0.2, 0.25) is 0 Å². The minimum absolute atomic E-state index is 0.111. The van der Waals surface area contributed by atoms with Crippen LogP contribution in [0.1, 0.15) is 5.56 Å². The number of hydrogen-bond acceptors (Lipinski definition) is 6. The number of aromatic amines is 1. The molecule has 1 amide bonds. The van der Waals surface area contributed by atoms with E-state index >= 15 is 0 Å². The monoisotopic (exact) mass is 384 g/mol. The summed E-state index contributed by atoms with van der Waals surface area (Å²) in [6.45, 7) is 1.98. The summed E-state index contributed by atoms with van der Waals surface area (Å²) in [4.78, 5) is 16.5. The van der Waals surface area contributed by atoms with Crippen LogP contribution in [0.25, 0.3) is 11.4 Å². The zero-order valence-electron chi connectivity index (χ0n) is 15.3. The van der Waals surface area contributed by atoms with Crippen LogP contribution < -0.4 is 14.8 Å². The Bertz CT molecular complexity index is 920. The fourth-order valence-corrected chi connectivity index (χ4v) is 3.03. The number of aromatic nitrogens is 3. The number of aryl methyl sites for hydroxylation is 1. The highest BCUT2D eigenvalue weighted by molar-refractivity contribution is 7.99. The summed E-state index contributed by atoms with van der Waals surface area (Å²) in [6, 6.07) is 13.1. The molecular weight excluding hydrogens is 364 g/mol. The van der Waals surface area contributed by atoms with Crippen molar-refractivity contribution in [1.29, 1.82) is 0 Å². The molecule has 1 heterocycles. The maximum atomic E-state index is 12.1. The number of H-pyrrole nitrogens is 1. The van der Waals surface area contributed by atoms with Crippen LogP contribution in [0.5, 0.6) is 11.5 Å². The first-order valence-corrected chi connectivity index (χ1v) is 9.21. The SMILES string of the molecule is COc1cc(OC)cc(-c2nc(SCC(=O)Nc3cccc(C)c3)n[nH]2)c1. The number of anilines is 1. The Morgan fingerprint density at radius 1 is 1.15 bits per heavy atom. The first-order chi connectivity index (χ1) is 13.1. The molecule has 0 spiro atoms. The molecule has 0 radical (unpaired) electrons. The van der Waals surface area contributed by atoms with Gasteiger partial charge in [-0.15, -0.1) is 5.10 Å². The number of carbonyl (C=O) groups is 1. The second-order valence-electron chi connectivity index (χ2n) is 5.77. The molecule has 0 aliphatic carbocycles. The Kier molecular flexibility index (Phi) is 5.97. The second-order valence-corrected chi connectivity index (χ2v) is 6.72. The van der Waals surface area contributed by atoms with Crippen molar-refractivity contribution < 1.29 is 14.3 Å². The number of carbonyl (C=O) groups excluding carboxylic acids is 1. The molecule has 8 heteroatoms. The zero-order valence-corrected chi connectivity index (χ0v) is 16.1. The Labute approximate surface area is 161 Å². The number of hydrogen-bond donors (Lipinski definition) is 2. The molecule has 0 atom stereocenters. The number of rotatable bonds is 7. The quantitative estimate of drug-likeness (QED) is 0.606. The van der Waals surface area contributed by atoms with E-state index in [0.29, 0.717) is 22.5 Å². The predicted octanol–water partition coefficient (Wildman–Crippen LogP) is 3.53. The molecule has 0 aliphatic rings. The van der Waals surface area contributed by atoms with Crippen LogP contribution in [0.4, 0.5) is 5.69 Å². The van der Waals surface area contributed by atoms with Crippen LogP contribution in [0, 0.1) is 6.92 Å². The normalized spacial score (nSPS) is 10.5. The molecule has 0 unspecified atom stereocenters. The molecule has 3 rings (SSSR count). The molecule has 0 bridgehead atoms. The number of thioether (sulfide) groups is 1. The topological polar surface area (TPSA) is 89.1 Å². The highest BCUT2D eigenvalue weighted by atomic mass is 32.2. The maximum Gasteiger partial charge on any atom is 0.234 e. The summed E-state index contributed by atoms with van der Waals surface area (Å²) in [6.07, 6.45) is 0. The lowest BCUT2D eigenvalue weighted by Gasteiger charge is -2.06. The molecule has 0 aliphatic heterocycles. The van der Waals surface area contributed by atoms with Crippen molar-refractivity contribution in [2.45, 2.75) is 12.1 Å². The van der Waals surface area contributed by atoms with Crippen LogP contribution in [-0.2, 0) is 4.79 Å². The average Bonchev–Trinajstić information content (AvgIpc) is 3.15. The van der Waals surface area contributed by atoms with Crippen molar-refractivity contribution in [2.75, 3.05) is 25.3 Å². The zero-order chi connectivity index (χ0) is 19.2. The molecule has 2 N–H and O–H groups in total. The van der Waals surface area contributed by atoms with Gasteiger partial charge in [-0.3, -0.25) is 9.89 Å². The lowest BCUT2D eigenvalue weighted by molar-refractivity contribution is -0.113. The van der Waals surface area contributed by atoms with Crippen molar-refractivity contribution in [3.63, 3.8) is 0 Å². The first-order valence-electron chi connectivity index (χ1n) is 8.22. The van der Waals surface area contributed by atoms with Gasteiger partial charge in [0.1, 0.15) is 11.5 Å². The standard InChI is InChI=1S/C19H20N4O3S/c1-12-5-4-6-14(7-12)20-17(24)11-27-19-21-18(22-23-19)13-8-15(25-2)10-16(9-13)26-3/h4-10H,11H2,1-3H3,(H,20,24)(H,21,22,23). The van der Waals surface area contributed by atoms with E-state index in [1.165, 1.54) is 11.8 Å². The van der Waals surface area contributed by atoms with Gasteiger partial charge in [0, 0.05) is 17.3 Å². The molecule has 0 saturated heterocycles. The van der Waals surface area contributed by atoms with Gasteiger partial charge in [-0.05, 0) is 36.8 Å². The van der Waals surface area contributed by atoms with E-state index in [2.05, 4.69) is 20.5 Å². The maximum absolute atomic E-state index is 12.1. The summed E-state index contributed by atoms with van der Waals surface area (Å²) in [5, 5.41) is 10.4. The Morgan fingerprint density at radius 3 is 2.56 bits per heavy atom. The van der Waals surface area contributed by atoms with Gasteiger partial charge < -0.3 is 14.8 Å². The molecule has 140 valence electrons. The fraction of sp³-hybridized carbons (Fsp3) is 0.211. The fourth-order valence-electron chi connectivity index (χ4n) is 2.43. The van der Waals surface area contributed by atoms with Crippen molar-refractivity contribution in [3.05, 3.63) is 48.0 Å². The Hall–Kier alpha value is -3.00. The van der Waals surface area contributed by atoms with E-state index in [1.807, 2.05) is 43.3 Å². The first kappa shape index (κ1) is 18.8. The van der Waals surface area contributed by atoms with Gasteiger partial charge in [-0.2, -0.15) is 0 Å². The van der Waals surface area contributed by atoms with Crippen LogP contribution >= 0.6 is 11.8 Å². The molecule has 3 aromatic rings. The number of methoxy groups -OCH3 is 2. The number of nitrogens with one attached hydrogen (secondary N) is 2. The van der Waals surface area contributed by atoms with Gasteiger partial charge in [-0.1, -0.05) is 23.9 Å². The van der Waals surface area contributed by atoms with Crippen molar-refractivity contribution in [1.82, 2.24) is 15.2 Å². The Balaban J connectivity index is 1.63. The van der Waals surface area contributed by atoms with Crippen LogP contribution in [0.3, 0.4) is 0 Å². The summed E-state index contributed by atoms with van der Waals surface area (Å²) >= 11 is 1.26. The molecule has 7 nitrogen and oxygen atoms in total. The lowest BCUT2D eigenvalue weighted by atomic mass is 10.2. The van der Waals surface area contributed by atoms with E-state index in [1.54, 1.807) is 20.3 Å². The smallest absolute Gasteiger partial charge is 0.234 e. The van der Waals surface area contributed by atoms with Crippen molar-refractivity contribution in [3.8, 4) is 22.9 Å².